The van der Waals surface area contributed by atoms with Gasteiger partial charge in [0.25, 0.3) is 0 Å². The quantitative estimate of drug-likeness (QED) is 0.916. The second-order valence-electron chi connectivity index (χ2n) is 6.70. The van der Waals surface area contributed by atoms with Crippen LogP contribution in [0.4, 0.5) is 5.69 Å². The van der Waals surface area contributed by atoms with Gasteiger partial charge >= 0.3 is 0 Å². The number of fused-ring (bicyclic) bond motifs is 1. The van der Waals surface area contributed by atoms with Crippen LogP contribution >= 0.6 is 11.6 Å². The van der Waals surface area contributed by atoms with Crippen LogP contribution in [0, 0.1) is 0 Å². The molecule has 130 valence electrons. The number of aromatic nitrogens is 1. The number of halogens is 1. The lowest BCUT2D eigenvalue weighted by Crippen LogP contribution is -2.50. The summed E-state index contributed by atoms with van der Waals surface area (Å²) in [5.74, 6) is -0.239. The number of nitrogens with one attached hydrogen (secondary N) is 1. The molecule has 6 heteroatoms. The summed E-state index contributed by atoms with van der Waals surface area (Å²) in [5.41, 5.74) is 1.48. The Bertz CT molecular complexity index is 811. The molecule has 1 fully saturated rings. The number of amides is 2. The van der Waals surface area contributed by atoms with E-state index in [1.54, 1.807) is 23.1 Å². The Morgan fingerprint density at radius 1 is 1.16 bits per heavy atom. The lowest BCUT2D eigenvalue weighted by atomic mass is 10.1. The van der Waals surface area contributed by atoms with Gasteiger partial charge in [-0.3, -0.25) is 14.5 Å². The van der Waals surface area contributed by atoms with Crippen LogP contribution in [-0.2, 0) is 16.1 Å². The Labute approximate surface area is 151 Å². The number of hydrogen-bond acceptors (Lipinski definition) is 2. The average molecular weight is 358 g/mol. The van der Waals surface area contributed by atoms with Crippen LogP contribution < -0.4 is 10.2 Å². The van der Waals surface area contributed by atoms with Gasteiger partial charge in [0.05, 0.1) is 5.69 Å². The number of hydrogen-bond donors (Lipinski definition) is 1. The van der Waals surface area contributed by atoms with Gasteiger partial charge in [-0.05, 0) is 43.2 Å². The fourth-order valence-corrected chi connectivity index (χ4v) is 4.02. The Morgan fingerprint density at radius 3 is 2.72 bits per heavy atom. The van der Waals surface area contributed by atoms with Gasteiger partial charge in [0.15, 0.2) is 6.04 Å². The number of rotatable bonds is 3. The first-order valence-electron chi connectivity index (χ1n) is 8.66. The van der Waals surface area contributed by atoms with Crippen LogP contribution in [0.5, 0.6) is 0 Å². The minimum absolute atomic E-state index is 0.113. The van der Waals surface area contributed by atoms with Gasteiger partial charge in [-0.1, -0.05) is 30.5 Å². The van der Waals surface area contributed by atoms with Crippen molar-refractivity contribution in [3.8, 4) is 0 Å². The summed E-state index contributed by atoms with van der Waals surface area (Å²) in [6, 6.07) is 10.4. The predicted octanol–water partition coefficient (Wildman–Crippen LogP) is 3.29. The third-order valence-corrected chi connectivity index (χ3v) is 5.25. The van der Waals surface area contributed by atoms with E-state index >= 15 is 0 Å². The predicted molar refractivity (Wildman–Crippen MR) is 96.5 cm³/mol. The van der Waals surface area contributed by atoms with Crippen molar-refractivity contribution >= 4 is 29.1 Å². The molecule has 1 saturated carbocycles. The number of carbonyl (C=O) groups is 2. The second kappa shape index (κ2) is 6.56. The number of benzene rings is 1. The van der Waals surface area contributed by atoms with E-state index in [0.717, 1.165) is 31.4 Å². The van der Waals surface area contributed by atoms with E-state index < -0.39 is 6.04 Å². The molecule has 1 aromatic carbocycles. The number of nitrogens with zero attached hydrogens (tertiary/aromatic N) is 2. The van der Waals surface area contributed by atoms with Crippen LogP contribution in [0.2, 0.25) is 5.02 Å². The molecule has 2 aromatic rings. The molecular formula is C19H20ClN3O2. The van der Waals surface area contributed by atoms with Crippen molar-refractivity contribution in [3.63, 3.8) is 0 Å². The molecule has 1 aliphatic carbocycles. The molecule has 2 aliphatic rings. The van der Waals surface area contributed by atoms with Crippen molar-refractivity contribution in [2.24, 2.45) is 0 Å². The lowest BCUT2D eigenvalue weighted by Gasteiger charge is -2.36. The fourth-order valence-electron chi connectivity index (χ4n) is 3.84. The van der Waals surface area contributed by atoms with Crippen LogP contribution in [0.15, 0.2) is 42.6 Å². The molecule has 4 rings (SSSR count). The number of carbonyl (C=O) groups excluding carboxylic acids is 2. The SMILES string of the molecule is O=C(NC1CCCC1)C1c2cccn2CC(=O)N1c1cccc(Cl)c1. The third kappa shape index (κ3) is 3.04. The van der Waals surface area contributed by atoms with E-state index in [0.29, 0.717) is 10.7 Å². The van der Waals surface area contributed by atoms with Gasteiger partial charge in [-0.15, -0.1) is 0 Å². The van der Waals surface area contributed by atoms with Crippen LogP contribution in [-0.4, -0.2) is 22.4 Å². The average Bonchev–Trinajstić information content (AvgIpc) is 3.24. The van der Waals surface area contributed by atoms with Crippen LogP contribution in [0.3, 0.4) is 0 Å². The molecule has 0 bridgehead atoms. The maximum Gasteiger partial charge on any atom is 0.249 e. The molecule has 0 spiro atoms. The molecule has 0 saturated heterocycles. The fraction of sp³-hybridized carbons (Fsp3) is 0.368. The standard InChI is InChI=1S/C19H20ClN3O2/c20-13-5-3-8-15(11-13)23-17(24)12-22-10-4-9-16(22)18(23)19(25)21-14-6-1-2-7-14/h3-5,8-11,14,18H,1-2,6-7,12H2,(H,21,25). The topological polar surface area (TPSA) is 54.3 Å². The Morgan fingerprint density at radius 2 is 1.96 bits per heavy atom. The third-order valence-electron chi connectivity index (χ3n) is 5.01. The highest BCUT2D eigenvalue weighted by molar-refractivity contribution is 6.31. The van der Waals surface area contributed by atoms with Gasteiger partial charge < -0.3 is 9.88 Å². The van der Waals surface area contributed by atoms with E-state index in [9.17, 15) is 9.59 Å². The molecule has 1 unspecified atom stereocenters. The summed E-state index contributed by atoms with van der Waals surface area (Å²) >= 11 is 6.11. The molecule has 1 N–H and O–H groups in total. The molecule has 0 radical (unpaired) electrons. The van der Waals surface area contributed by atoms with Crippen LogP contribution in [0.25, 0.3) is 0 Å². The van der Waals surface area contributed by atoms with Gasteiger partial charge in [-0.2, -0.15) is 0 Å². The summed E-state index contributed by atoms with van der Waals surface area (Å²) in [6.45, 7) is 0.224. The van der Waals surface area contributed by atoms with Gasteiger partial charge in [0.1, 0.15) is 6.54 Å². The molecule has 1 aliphatic heterocycles. The summed E-state index contributed by atoms with van der Waals surface area (Å²) in [4.78, 5) is 27.5. The zero-order chi connectivity index (χ0) is 17.4. The maximum atomic E-state index is 13.1. The molecule has 1 atom stereocenters. The van der Waals surface area contributed by atoms with Crippen molar-refractivity contribution in [3.05, 3.63) is 53.3 Å². The summed E-state index contributed by atoms with van der Waals surface area (Å²) in [6.07, 6.45) is 6.14. The zero-order valence-corrected chi connectivity index (χ0v) is 14.6. The summed E-state index contributed by atoms with van der Waals surface area (Å²) in [7, 11) is 0. The van der Waals surface area contributed by atoms with Crippen molar-refractivity contribution < 1.29 is 9.59 Å². The van der Waals surface area contributed by atoms with E-state index in [2.05, 4.69) is 5.32 Å². The largest absolute Gasteiger partial charge is 0.351 e. The molecule has 2 amide bonds. The lowest BCUT2D eigenvalue weighted by molar-refractivity contribution is -0.128. The monoisotopic (exact) mass is 357 g/mol. The first-order chi connectivity index (χ1) is 12.1. The van der Waals surface area contributed by atoms with Crippen LogP contribution in [0.1, 0.15) is 37.4 Å². The van der Waals surface area contributed by atoms with Crippen molar-refractivity contribution in [2.75, 3.05) is 4.90 Å². The Balaban J connectivity index is 1.72. The molecule has 25 heavy (non-hydrogen) atoms. The minimum atomic E-state index is -0.671. The van der Waals surface area contributed by atoms with Crippen molar-refractivity contribution in [1.82, 2.24) is 9.88 Å². The van der Waals surface area contributed by atoms with E-state index in [1.807, 2.05) is 29.0 Å². The smallest absolute Gasteiger partial charge is 0.249 e. The molecular weight excluding hydrogens is 338 g/mol. The summed E-state index contributed by atoms with van der Waals surface area (Å²) < 4.78 is 1.85. The summed E-state index contributed by atoms with van der Waals surface area (Å²) in [5, 5.41) is 3.68. The van der Waals surface area contributed by atoms with E-state index in [4.69, 9.17) is 11.6 Å². The molecule has 5 nitrogen and oxygen atoms in total. The highest BCUT2D eigenvalue weighted by Crippen LogP contribution is 2.33. The van der Waals surface area contributed by atoms with Crippen molar-refractivity contribution in [1.29, 1.82) is 0 Å². The molecule has 1 aromatic heterocycles. The maximum absolute atomic E-state index is 13.1. The zero-order valence-electron chi connectivity index (χ0n) is 13.8. The van der Waals surface area contributed by atoms with Gasteiger partial charge in [0.2, 0.25) is 11.8 Å². The number of anilines is 1. The van der Waals surface area contributed by atoms with E-state index in [1.165, 1.54) is 0 Å². The first kappa shape index (κ1) is 16.2. The normalized spacial score (nSPS) is 20.6. The molecule has 2 heterocycles. The van der Waals surface area contributed by atoms with E-state index in [-0.39, 0.29) is 24.4 Å². The Hall–Kier alpha value is -2.27. The minimum Gasteiger partial charge on any atom is -0.351 e. The highest BCUT2D eigenvalue weighted by Gasteiger charge is 2.39. The first-order valence-corrected chi connectivity index (χ1v) is 9.04. The Kier molecular flexibility index (Phi) is 4.25. The second-order valence-corrected chi connectivity index (χ2v) is 7.13. The highest BCUT2D eigenvalue weighted by atomic mass is 35.5. The van der Waals surface area contributed by atoms with Gasteiger partial charge in [0, 0.05) is 22.9 Å². The van der Waals surface area contributed by atoms with Gasteiger partial charge in [-0.25, -0.2) is 0 Å². The van der Waals surface area contributed by atoms with Crippen molar-refractivity contribution in [2.45, 2.75) is 44.3 Å².